The van der Waals surface area contributed by atoms with Gasteiger partial charge in [-0.1, -0.05) is 56.4 Å². The van der Waals surface area contributed by atoms with Crippen molar-refractivity contribution in [3.63, 3.8) is 0 Å². The van der Waals surface area contributed by atoms with Crippen molar-refractivity contribution in [2.45, 2.75) is 26.7 Å². The van der Waals surface area contributed by atoms with E-state index in [9.17, 15) is 8.42 Å². The van der Waals surface area contributed by atoms with E-state index in [1.54, 1.807) is 19.2 Å². The Bertz CT molecular complexity index is 1010. The lowest BCUT2D eigenvalue weighted by Gasteiger charge is -2.02. The van der Waals surface area contributed by atoms with Gasteiger partial charge in [0.1, 0.15) is 5.76 Å². The average molecular weight is 385 g/mol. The molecule has 0 aliphatic heterocycles. The van der Waals surface area contributed by atoms with Gasteiger partial charge in [-0.3, -0.25) is 0 Å². The number of primary sulfonamides is 1. The molecular weight excluding hydrogens is 360 g/mol. The van der Waals surface area contributed by atoms with E-state index in [2.05, 4.69) is 25.4 Å². The van der Waals surface area contributed by atoms with Crippen molar-refractivity contribution >= 4 is 10.0 Å². The fourth-order valence-corrected chi connectivity index (χ4v) is 4.24. The molecule has 3 rings (SSSR count). The maximum Gasteiger partial charge on any atom is 0.237 e. The number of nitrogens with two attached hydrogens (primary N) is 1. The molecule has 1 saturated carbocycles. The van der Waals surface area contributed by atoms with E-state index in [4.69, 9.17) is 9.56 Å². The topological polar surface area (TPSA) is 86.2 Å². The average Bonchev–Trinajstić information content (AvgIpc) is 2.95. The molecule has 1 fully saturated rings. The van der Waals surface area contributed by atoms with Crippen molar-refractivity contribution < 1.29 is 12.8 Å². The van der Waals surface area contributed by atoms with Gasteiger partial charge in [-0.15, -0.1) is 0 Å². The van der Waals surface area contributed by atoms with Crippen molar-refractivity contribution in [2.24, 2.45) is 16.5 Å². The van der Waals surface area contributed by atoms with Crippen LogP contribution in [0.25, 0.3) is 11.5 Å². The fraction of sp³-hybridized carbons (Fsp3) is 0.286. The minimum absolute atomic E-state index is 0.0490. The van der Waals surface area contributed by atoms with Crippen LogP contribution in [-0.2, 0) is 10.0 Å². The number of benzene rings is 1. The summed E-state index contributed by atoms with van der Waals surface area (Å²) < 4.78 is 29.0. The molecule has 0 saturated heterocycles. The third-order valence-electron chi connectivity index (χ3n) is 5.15. The molecule has 1 aliphatic rings. The molecule has 2 N–H and O–H groups in total. The summed E-state index contributed by atoms with van der Waals surface area (Å²) in [7, 11) is -3.73. The van der Waals surface area contributed by atoms with E-state index in [0.29, 0.717) is 5.89 Å². The number of oxazole rings is 1. The maximum atomic E-state index is 11.5. The van der Waals surface area contributed by atoms with Crippen LogP contribution in [-0.4, -0.2) is 13.4 Å². The third-order valence-corrected chi connectivity index (χ3v) is 6.18. The molecule has 2 aromatic rings. The second-order valence-electron chi connectivity index (χ2n) is 7.35. The summed E-state index contributed by atoms with van der Waals surface area (Å²) in [6, 6.07) is 9.75. The number of hydrogen-bond donors (Lipinski definition) is 1. The molecule has 1 aliphatic carbocycles. The van der Waals surface area contributed by atoms with Gasteiger partial charge in [0.05, 0.1) is 11.1 Å². The molecule has 1 heterocycles. The SMILES string of the molecule is C=C(/C=C\C(=C/C)S(N)(=O)=O)[C@@H]1[C@@H](c2cnc(-c3ccccc3)o2)C1(C)C. The highest BCUT2D eigenvalue weighted by molar-refractivity contribution is 7.93. The Kier molecular flexibility index (Phi) is 4.97. The smallest absolute Gasteiger partial charge is 0.237 e. The first-order valence-electron chi connectivity index (χ1n) is 8.73. The van der Waals surface area contributed by atoms with Crippen LogP contribution in [0.15, 0.2) is 76.2 Å². The summed E-state index contributed by atoms with van der Waals surface area (Å²) in [5, 5.41) is 5.20. The summed E-state index contributed by atoms with van der Waals surface area (Å²) in [5.41, 5.74) is 1.72. The Labute approximate surface area is 160 Å². The van der Waals surface area contributed by atoms with Gasteiger partial charge in [0, 0.05) is 11.5 Å². The zero-order chi connectivity index (χ0) is 19.8. The number of sulfonamides is 1. The highest BCUT2D eigenvalue weighted by Crippen LogP contribution is 2.67. The van der Waals surface area contributed by atoms with Gasteiger partial charge >= 0.3 is 0 Å². The number of hydrogen-bond acceptors (Lipinski definition) is 4. The molecule has 0 spiro atoms. The van der Waals surface area contributed by atoms with E-state index in [1.165, 1.54) is 12.2 Å². The van der Waals surface area contributed by atoms with Gasteiger partial charge in [-0.25, -0.2) is 18.5 Å². The molecule has 0 amide bonds. The van der Waals surface area contributed by atoms with Crippen molar-refractivity contribution in [3.05, 3.63) is 77.6 Å². The summed E-state index contributed by atoms with van der Waals surface area (Å²) in [6.45, 7) is 10.0. The molecule has 0 unspecified atom stereocenters. The molecule has 27 heavy (non-hydrogen) atoms. The minimum atomic E-state index is -3.73. The fourth-order valence-electron chi connectivity index (χ4n) is 3.65. The Balaban J connectivity index is 1.79. The molecule has 6 heteroatoms. The van der Waals surface area contributed by atoms with Crippen molar-refractivity contribution in [3.8, 4) is 11.5 Å². The van der Waals surface area contributed by atoms with E-state index in [0.717, 1.165) is 16.9 Å². The van der Waals surface area contributed by atoms with Crippen molar-refractivity contribution in [1.82, 2.24) is 4.98 Å². The number of nitrogens with zero attached hydrogens (tertiary/aromatic N) is 1. The molecule has 1 aromatic carbocycles. The summed E-state index contributed by atoms with van der Waals surface area (Å²) in [6.07, 6.45) is 6.46. The van der Waals surface area contributed by atoms with Gasteiger partial charge in [0.25, 0.3) is 0 Å². The maximum absolute atomic E-state index is 11.5. The number of aromatic nitrogens is 1. The zero-order valence-electron chi connectivity index (χ0n) is 15.7. The quantitative estimate of drug-likeness (QED) is 0.749. The molecule has 0 radical (unpaired) electrons. The first-order valence-corrected chi connectivity index (χ1v) is 10.3. The van der Waals surface area contributed by atoms with Crippen LogP contribution in [0.2, 0.25) is 0 Å². The van der Waals surface area contributed by atoms with E-state index in [1.807, 2.05) is 30.3 Å². The predicted molar refractivity (Wildman–Crippen MR) is 107 cm³/mol. The van der Waals surface area contributed by atoms with E-state index < -0.39 is 10.0 Å². The van der Waals surface area contributed by atoms with Gasteiger partial charge in [0.2, 0.25) is 15.9 Å². The lowest BCUT2D eigenvalue weighted by molar-refractivity contribution is 0.489. The van der Waals surface area contributed by atoms with Crippen LogP contribution in [0.5, 0.6) is 0 Å². The molecule has 1 aromatic heterocycles. The molecule has 5 nitrogen and oxygen atoms in total. The van der Waals surface area contributed by atoms with E-state index in [-0.39, 0.29) is 22.2 Å². The Morgan fingerprint density at radius 1 is 1.26 bits per heavy atom. The highest BCUT2D eigenvalue weighted by atomic mass is 32.2. The Morgan fingerprint density at radius 2 is 1.93 bits per heavy atom. The molecule has 142 valence electrons. The van der Waals surface area contributed by atoms with Crippen LogP contribution >= 0.6 is 0 Å². The van der Waals surface area contributed by atoms with Crippen molar-refractivity contribution in [1.29, 1.82) is 0 Å². The van der Waals surface area contributed by atoms with Crippen LogP contribution in [0.1, 0.15) is 32.4 Å². The summed E-state index contributed by atoms with van der Waals surface area (Å²) >= 11 is 0. The molecular formula is C21H24N2O3S. The first-order chi connectivity index (χ1) is 12.7. The van der Waals surface area contributed by atoms with E-state index >= 15 is 0 Å². The lowest BCUT2D eigenvalue weighted by atomic mass is 10.0. The van der Waals surface area contributed by atoms with Crippen LogP contribution in [0.4, 0.5) is 0 Å². The first kappa shape index (κ1) is 19.3. The summed E-state index contributed by atoms with van der Waals surface area (Å²) in [5.74, 6) is 1.70. The van der Waals surface area contributed by atoms with Gasteiger partial charge in [-0.2, -0.15) is 0 Å². The standard InChI is InChI=1S/C21H24N2O3S/c1-5-16(27(22,24)25)12-11-14(2)18-19(21(18,3)4)17-13-23-20(26-17)15-9-7-6-8-10-15/h5-13,18-19H,2H2,1,3-4H3,(H2,22,24,25)/b12-11-,16-5+/t18-,19-/m1/s1. The van der Waals surface area contributed by atoms with Gasteiger partial charge in [0.15, 0.2) is 0 Å². The van der Waals surface area contributed by atoms with Crippen LogP contribution in [0.3, 0.4) is 0 Å². The lowest BCUT2D eigenvalue weighted by Crippen LogP contribution is -2.13. The Morgan fingerprint density at radius 3 is 2.52 bits per heavy atom. The molecule has 2 atom stereocenters. The Hall–Kier alpha value is -2.44. The van der Waals surface area contributed by atoms with Gasteiger partial charge in [-0.05, 0) is 36.5 Å². The molecule has 0 bridgehead atoms. The predicted octanol–water partition coefficient (Wildman–Crippen LogP) is 4.39. The monoisotopic (exact) mass is 384 g/mol. The normalized spacial score (nSPS) is 22.1. The van der Waals surface area contributed by atoms with Gasteiger partial charge < -0.3 is 4.42 Å². The largest absolute Gasteiger partial charge is 0.441 e. The minimum Gasteiger partial charge on any atom is -0.441 e. The second-order valence-corrected chi connectivity index (χ2v) is 8.92. The summed E-state index contributed by atoms with van der Waals surface area (Å²) in [4.78, 5) is 4.48. The zero-order valence-corrected chi connectivity index (χ0v) is 16.5. The number of rotatable bonds is 6. The van der Waals surface area contributed by atoms with Crippen LogP contribution < -0.4 is 5.14 Å². The third kappa shape index (κ3) is 3.82. The highest BCUT2D eigenvalue weighted by Gasteiger charge is 2.60. The number of allylic oxidation sites excluding steroid dienone is 4. The second kappa shape index (κ2) is 6.94. The van der Waals surface area contributed by atoms with Crippen LogP contribution in [0, 0.1) is 11.3 Å². The van der Waals surface area contributed by atoms with Crippen molar-refractivity contribution in [2.75, 3.05) is 0 Å².